The van der Waals surface area contributed by atoms with E-state index in [1.807, 2.05) is 0 Å². The van der Waals surface area contributed by atoms with Crippen molar-refractivity contribution >= 4 is 0 Å². The maximum absolute atomic E-state index is 6.16. The van der Waals surface area contributed by atoms with Gasteiger partial charge in [-0.2, -0.15) is 0 Å². The summed E-state index contributed by atoms with van der Waals surface area (Å²) in [5.41, 5.74) is 6.16. The lowest BCUT2D eigenvalue weighted by Gasteiger charge is -2.42. The third kappa shape index (κ3) is 0.826. The first-order valence-corrected chi connectivity index (χ1v) is 5.37. The smallest absolute Gasteiger partial charge is 0.0278 e. The second-order valence-electron chi connectivity index (χ2n) is 4.76. The zero-order valence-electron chi connectivity index (χ0n) is 7.58. The molecule has 4 bridgehead atoms. The van der Waals surface area contributed by atoms with E-state index in [4.69, 9.17) is 5.73 Å². The van der Waals surface area contributed by atoms with Crippen molar-refractivity contribution in [1.82, 2.24) is 4.90 Å². The molecule has 0 aromatic rings. The van der Waals surface area contributed by atoms with E-state index in [9.17, 15) is 0 Å². The highest BCUT2D eigenvalue weighted by molar-refractivity contribution is 5.04. The first kappa shape index (κ1) is 7.34. The summed E-state index contributed by atoms with van der Waals surface area (Å²) in [5.74, 6) is 0.959. The Kier molecular flexibility index (Phi) is 1.50. The lowest BCUT2D eigenvalue weighted by molar-refractivity contribution is 0.0840. The maximum atomic E-state index is 6.16. The SMILES string of the molecule is NC1CCC2CC3CCCN2C13. The predicted molar refractivity (Wildman–Crippen MR) is 48.8 cm³/mol. The van der Waals surface area contributed by atoms with Crippen molar-refractivity contribution in [2.45, 2.75) is 50.2 Å². The van der Waals surface area contributed by atoms with Crippen LogP contribution in [0.4, 0.5) is 0 Å². The van der Waals surface area contributed by atoms with E-state index in [-0.39, 0.29) is 0 Å². The van der Waals surface area contributed by atoms with Gasteiger partial charge in [-0.1, -0.05) is 0 Å². The van der Waals surface area contributed by atoms with Crippen LogP contribution in [0.3, 0.4) is 0 Å². The molecule has 2 heteroatoms. The molecule has 0 aliphatic carbocycles. The summed E-state index contributed by atoms with van der Waals surface area (Å²) < 4.78 is 0. The molecule has 0 radical (unpaired) electrons. The largest absolute Gasteiger partial charge is 0.326 e. The molecular formula is C10H18N2. The highest BCUT2D eigenvalue weighted by Crippen LogP contribution is 2.44. The van der Waals surface area contributed by atoms with Crippen LogP contribution in [0.1, 0.15) is 32.1 Å². The second-order valence-corrected chi connectivity index (χ2v) is 4.76. The lowest BCUT2D eigenvalue weighted by Crippen LogP contribution is -2.54. The van der Waals surface area contributed by atoms with Gasteiger partial charge in [0.05, 0.1) is 0 Å². The van der Waals surface area contributed by atoms with Crippen LogP contribution in [0.15, 0.2) is 0 Å². The Labute approximate surface area is 74.1 Å². The van der Waals surface area contributed by atoms with Gasteiger partial charge in [0.15, 0.2) is 0 Å². The average molecular weight is 166 g/mol. The molecule has 12 heavy (non-hydrogen) atoms. The number of rotatable bonds is 0. The van der Waals surface area contributed by atoms with Gasteiger partial charge in [-0.05, 0) is 44.6 Å². The zero-order chi connectivity index (χ0) is 8.13. The normalized spacial score (nSPS) is 57.2. The minimum atomic E-state index is 0.494. The molecule has 2 nitrogen and oxygen atoms in total. The Hall–Kier alpha value is -0.0800. The number of nitrogens with zero attached hydrogens (tertiary/aromatic N) is 1. The summed E-state index contributed by atoms with van der Waals surface area (Å²) in [5, 5.41) is 0. The molecule has 3 aliphatic rings. The third-order valence-electron chi connectivity index (χ3n) is 4.17. The highest BCUT2D eigenvalue weighted by atomic mass is 15.3. The fourth-order valence-electron chi connectivity index (χ4n) is 3.73. The Bertz CT molecular complexity index is 192. The van der Waals surface area contributed by atoms with Gasteiger partial charge in [-0.25, -0.2) is 0 Å². The van der Waals surface area contributed by atoms with Crippen LogP contribution in [0.2, 0.25) is 0 Å². The van der Waals surface area contributed by atoms with Crippen LogP contribution in [0.25, 0.3) is 0 Å². The van der Waals surface area contributed by atoms with Gasteiger partial charge >= 0.3 is 0 Å². The molecule has 0 spiro atoms. The van der Waals surface area contributed by atoms with E-state index in [0.717, 1.165) is 18.0 Å². The monoisotopic (exact) mass is 166 g/mol. The summed E-state index contributed by atoms with van der Waals surface area (Å²) in [6.45, 7) is 1.33. The topological polar surface area (TPSA) is 29.3 Å². The molecule has 2 N–H and O–H groups in total. The van der Waals surface area contributed by atoms with E-state index in [1.165, 1.54) is 38.6 Å². The summed E-state index contributed by atoms with van der Waals surface area (Å²) in [7, 11) is 0. The molecular weight excluding hydrogens is 148 g/mol. The molecule has 3 fully saturated rings. The van der Waals surface area contributed by atoms with Gasteiger partial charge in [0.2, 0.25) is 0 Å². The Balaban J connectivity index is 1.92. The Morgan fingerprint density at radius 1 is 1.17 bits per heavy atom. The first-order valence-electron chi connectivity index (χ1n) is 5.37. The summed E-state index contributed by atoms with van der Waals surface area (Å²) >= 11 is 0. The van der Waals surface area contributed by atoms with Gasteiger partial charge in [-0.15, -0.1) is 0 Å². The van der Waals surface area contributed by atoms with Gasteiger partial charge in [0.25, 0.3) is 0 Å². The van der Waals surface area contributed by atoms with Crippen LogP contribution in [-0.2, 0) is 0 Å². The van der Waals surface area contributed by atoms with Crippen LogP contribution < -0.4 is 5.73 Å². The third-order valence-corrected chi connectivity index (χ3v) is 4.17. The molecule has 0 saturated carbocycles. The van der Waals surface area contributed by atoms with Crippen molar-refractivity contribution < 1.29 is 0 Å². The number of hydrogen-bond acceptors (Lipinski definition) is 2. The van der Waals surface area contributed by atoms with E-state index < -0.39 is 0 Å². The van der Waals surface area contributed by atoms with E-state index in [2.05, 4.69) is 4.90 Å². The van der Waals surface area contributed by atoms with Crippen molar-refractivity contribution in [3.63, 3.8) is 0 Å². The first-order chi connectivity index (χ1) is 5.86. The van der Waals surface area contributed by atoms with Crippen molar-refractivity contribution in [3.8, 4) is 0 Å². The molecule has 3 aliphatic heterocycles. The van der Waals surface area contributed by atoms with Crippen molar-refractivity contribution in [2.75, 3.05) is 6.54 Å². The molecule has 5 atom stereocenters. The zero-order valence-corrected chi connectivity index (χ0v) is 7.58. The summed E-state index contributed by atoms with van der Waals surface area (Å²) in [6, 6.07) is 2.19. The maximum Gasteiger partial charge on any atom is 0.0278 e. The highest BCUT2D eigenvalue weighted by Gasteiger charge is 2.48. The number of nitrogens with two attached hydrogens (primary N) is 1. The fraction of sp³-hybridized carbons (Fsp3) is 1.00. The summed E-state index contributed by atoms with van der Waals surface area (Å²) in [4.78, 5) is 2.71. The predicted octanol–water partition coefficient (Wildman–Crippen LogP) is 0.960. The van der Waals surface area contributed by atoms with E-state index in [0.29, 0.717) is 6.04 Å². The lowest BCUT2D eigenvalue weighted by atomic mass is 9.87. The van der Waals surface area contributed by atoms with Gasteiger partial charge in [0.1, 0.15) is 0 Å². The number of hydrogen-bond donors (Lipinski definition) is 1. The molecule has 5 unspecified atom stereocenters. The van der Waals surface area contributed by atoms with Gasteiger partial charge in [-0.3, -0.25) is 4.90 Å². The van der Waals surface area contributed by atoms with Crippen molar-refractivity contribution in [3.05, 3.63) is 0 Å². The van der Waals surface area contributed by atoms with Gasteiger partial charge in [0, 0.05) is 18.1 Å². The second kappa shape index (κ2) is 2.46. The molecule has 3 rings (SSSR count). The van der Waals surface area contributed by atoms with Crippen LogP contribution in [0, 0.1) is 5.92 Å². The molecule has 3 saturated heterocycles. The van der Waals surface area contributed by atoms with Gasteiger partial charge < -0.3 is 5.73 Å². The minimum absolute atomic E-state index is 0.494. The van der Waals surface area contributed by atoms with Crippen molar-refractivity contribution in [1.29, 1.82) is 0 Å². The fourth-order valence-corrected chi connectivity index (χ4v) is 3.73. The average Bonchev–Trinajstić information content (AvgIpc) is 2.24. The molecule has 0 amide bonds. The quantitative estimate of drug-likeness (QED) is 0.581. The Morgan fingerprint density at radius 2 is 2.08 bits per heavy atom. The molecule has 0 aromatic carbocycles. The van der Waals surface area contributed by atoms with Crippen LogP contribution in [0.5, 0.6) is 0 Å². The molecule has 68 valence electrons. The standard InChI is InChI=1S/C10H18N2/c11-9-4-3-8-6-7-2-1-5-12(8)10(7)9/h7-10H,1-6,11H2. The molecule has 3 heterocycles. The molecule has 0 aromatic heterocycles. The number of piperidine rings is 2. The summed E-state index contributed by atoms with van der Waals surface area (Å²) in [6.07, 6.45) is 6.98. The Morgan fingerprint density at radius 3 is 2.92 bits per heavy atom. The van der Waals surface area contributed by atoms with Crippen molar-refractivity contribution in [2.24, 2.45) is 11.7 Å². The van der Waals surface area contributed by atoms with E-state index >= 15 is 0 Å². The van der Waals surface area contributed by atoms with Crippen LogP contribution in [-0.4, -0.2) is 29.6 Å². The van der Waals surface area contributed by atoms with E-state index in [1.54, 1.807) is 0 Å². The minimum Gasteiger partial charge on any atom is -0.326 e. The van der Waals surface area contributed by atoms with Crippen LogP contribution >= 0.6 is 0 Å².